The Kier molecular flexibility index (Phi) is 9.44. The molecule has 0 saturated carbocycles. The Hall–Kier alpha value is -7.81. The summed E-state index contributed by atoms with van der Waals surface area (Å²) in [5.41, 5.74) is 12.6. The van der Waals surface area contributed by atoms with E-state index in [1.165, 1.54) is 0 Å². The lowest BCUT2D eigenvalue weighted by molar-refractivity contribution is -0.108. The van der Waals surface area contributed by atoms with Gasteiger partial charge in [0.2, 0.25) is 0 Å². The number of Topliss-reactive ketones (excluding diaryl/α,β-unsaturated/α-hetero) is 1. The molecule has 2 heteroatoms. The molecule has 284 valence electrons. The number of hydrogen-bond donors (Lipinski definition) is 1. The number of hydrogen-bond acceptors (Lipinski definition) is 2. The molecule has 2 aliphatic carbocycles. The molecule has 0 amide bonds. The SMILES string of the molecule is O=C1C(c2ccccc2)=C(c2ccccc2)C(c2ccccc2)=C1c1ccccc1C1=C(O)C(c2ccccc2)(c2ccccc2)C(c2ccccc2)=C1c1ccccc1. The average Bonchev–Trinajstić information content (AvgIpc) is 3.79. The summed E-state index contributed by atoms with van der Waals surface area (Å²) in [6.45, 7) is 0. The zero-order valence-corrected chi connectivity index (χ0v) is 32.9. The molecule has 8 aromatic carbocycles. The number of aliphatic hydroxyl groups excluding tert-OH is 1. The third kappa shape index (κ3) is 5.92. The molecule has 2 nitrogen and oxygen atoms in total. The highest BCUT2D eigenvalue weighted by atomic mass is 16.3. The molecule has 1 N–H and O–H groups in total. The van der Waals surface area contributed by atoms with E-state index in [1.54, 1.807) is 0 Å². The number of carbonyl (C=O) groups excluding carboxylic acids is 1. The molecule has 60 heavy (non-hydrogen) atoms. The molecule has 8 aromatic rings. The van der Waals surface area contributed by atoms with Crippen LogP contribution in [0.25, 0.3) is 39.0 Å². The summed E-state index contributed by atoms with van der Waals surface area (Å²) in [5.74, 6) is 0.146. The van der Waals surface area contributed by atoms with Gasteiger partial charge in [-0.3, -0.25) is 4.79 Å². The molecular weight excluding hydrogens is 729 g/mol. The standard InChI is InChI=1S/C58H40O2/c59-56-52(43-30-14-4-15-31-43)49(40-24-8-1-9-25-40)50(41-26-10-2-11-27-41)53(56)47-38-22-23-39-48(47)54-51(42-28-12-3-13-29-42)55(44-32-16-5-17-33-44)58(57(54)60,45-34-18-6-19-35-45)46-36-20-7-21-37-46/h1-39,60H. The smallest absolute Gasteiger partial charge is 0.195 e. The minimum absolute atomic E-state index is 0.0599. The Balaban J connectivity index is 1.36. The second kappa shape index (κ2) is 15.5. The Morgan fingerprint density at radius 2 is 0.583 bits per heavy atom. The predicted octanol–water partition coefficient (Wildman–Crippen LogP) is 13.7. The Morgan fingerprint density at radius 1 is 0.283 bits per heavy atom. The first-order valence-corrected chi connectivity index (χ1v) is 20.4. The summed E-state index contributed by atoms with van der Waals surface area (Å²) >= 11 is 0. The van der Waals surface area contributed by atoms with Crippen LogP contribution in [0.15, 0.2) is 242 Å². The molecular formula is C58H40O2. The van der Waals surface area contributed by atoms with E-state index in [2.05, 4.69) is 109 Å². The van der Waals surface area contributed by atoms with Crippen LogP contribution in [0.4, 0.5) is 0 Å². The summed E-state index contributed by atoms with van der Waals surface area (Å²) in [7, 11) is 0. The molecule has 0 radical (unpaired) electrons. The van der Waals surface area contributed by atoms with Gasteiger partial charge < -0.3 is 5.11 Å². The predicted molar refractivity (Wildman–Crippen MR) is 247 cm³/mol. The first kappa shape index (κ1) is 36.5. The second-order valence-electron chi connectivity index (χ2n) is 15.2. The summed E-state index contributed by atoms with van der Waals surface area (Å²) in [4.78, 5) is 15.7. The Bertz CT molecular complexity index is 2940. The lowest BCUT2D eigenvalue weighted by atomic mass is 9.67. The van der Waals surface area contributed by atoms with Gasteiger partial charge >= 0.3 is 0 Å². The molecule has 0 saturated heterocycles. The number of rotatable bonds is 9. The highest BCUT2D eigenvalue weighted by Crippen LogP contribution is 2.62. The van der Waals surface area contributed by atoms with Gasteiger partial charge in [-0.05, 0) is 61.2 Å². The van der Waals surface area contributed by atoms with Crippen LogP contribution in [0.5, 0.6) is 0 Å². The maximum absolute atomic E-state index is 15.7. The van der Waals surface area contributed by atoms with Crippen molar-refractivity contribution in [3.05, 3.63) is 292 Å². The molecule has 0 aromatic heterocycles. The van der Waals surface area contributed by atoms with Crippen molar-refractivity contribution < 1.29 is 9.90 Å². The fourth-order valence-electron chi connectivity index (χ4n) is 9.41. The average molecular weight is 769 g/mol. The number of aliphatic hydroxyl groups is 1. The molecule has 10 rings (SSSR count). The van der Waals surface area contributed by atoms with Crippen molar-refractivity contribution in [2.75, 3.05) is 0 Å². The van der Waals surface area contributed by atoms with Crippen molar-refractivity contribution in [1.82, 2.24) is 0 Å². The van der Waals surface area contributed by atoms with Crippen molar-refractivity contribution in [3.8, 4) is 0 Å². The van der Waals surface area contributed by atoms with Gasteiger partial charge in [-0.25, -0.2) is 0 Å². The molecule has 0 bridgehead atoms. The van der Waals surface area contributed by atoms with Crippen LogP contribution in [0, 0.1) is 0 Å². The number of ketones is 1. The first-order valence-electron chi connectivity index (χ1n) is 20.4. The van der Waals surface area contributed by atoms with Crippen LogP contribution in [0.2, 0.25) is 0 Å². The molecule has 0 heterocycles. The van der Waals surface area contributed by atoms with Gasteiger partial charge in [-0.2, -0.15) is 0 Å². The van der Waals surface area contributed by atoms with E-state index in [1.807, 2.05) is 127 Å². The van der Waals surface area contributed by atoms with Crippen molar-refractivity contribution in [2.24, 2.45) is 0 Å². The van der Waals surface area contributed by atoms with Gasteiger partial charge in [0.15, 0.2) is 5.78 Å². The van der Waals surface area contributed by atoms with E-state index in [-0.39, 0.29) is 11.5 Å². The maximum Gasteiger partial charge on any atom is 0.195 e. The third-order valence-corrected chi connectivity index (χ3v) is 11.9. The van der Waals surface area contributed by atoms with E-state index >= 15 is 4.79 Å². The van der Waals surface area contributed by atoms with E-state index in [9.17, 15) is 5.11 Å². The largest absolute Gasteiger partial charge is 0.510 e. The highest BCUT2D eigenvalue weighted by molar-refractivity contribution is 6.59. The van der Waals surface area contributed by atoms with Crippen molar-refractivity contribution in [2.45, 2.75) is 5.41 Å². The maximum atomic E-state index is 15.7. The quantitative estimate of drug-likeness (QED) is 0.159. The molecule has 0 atom stereocenters. The van der Waals surface area contributed by atoms with E-state index in [0.717, 1.165) is 72.4 Å². The lowest BCUT2D eigenvalue weighted by Gasteiger charge is -2.35. The number of allylic oxidation sites excluding steroid dienone is 7. The van der Waals surface area contributed by atoms with E-state index < -0.39 is 5.41 Å². The van der Waals surface area contributed by atoms with Gasteiger partial charge in [0.1, 0.15) is 11.2 Å². The van der Waals surface area contributed by atoms with Crippen LogP contribution in [-0.4, -0.2) is 10.9 Å². The highest BCUT2D eigenvalue weighted by Gasteiger charge is 2.52. The van der Waals surface area contributed by atoms with Crippen LogP contribution in [0.1, 0.15) is 50.1 Å². The fraction of sp³-hybridized carbons (Fsp3) is 0.0172. The Labute approximate surface area is 351 Å². The number of benzene rings is 8. The number of carbonyl (C=O) groups is 1. The Morgan fingerprint density at radius 3 is 1.00 bits per heavy atom. The zero-order valence-electron chi connectivity index (χ0n) is 32.9. The summed E-state index contributed by atoms with van der Waals surface area (Å²) < 4.78 is 0. The third-order valence-electron chi connectivity index (χ3n) is 11.9. The topological polar surface area (TPSA) is 37.3 Å². The molecule has 0 spiro atoms. The normalized spacial score (nSPS) is 15.0. The minimum atomic E-state index is -1.11. The molecule has 0 unspecified atom stereocenters. The lowest BCUT2D eigenvalue weighted by Crippen LogP contribution is -2.30. The van der Waals surface area contributed by atoms with E-state index in [0.29, 0.717) is 16.7 Å². The van der Waals surface area contributed by atoms with Crippen LogP contribution >= 0.6 is 0 Å². The monoisotopic (exact) mass is 768 g/mol. The second-order valence-corrected chi connectivity index (χ2v) is 15.2. The van der Waals surface area contributed by atoms with Crippen LogP contribution in [0.3, 0.4) is 0 Å². The molecule has 2 aliphatic rings. The van der Waals surface area contributed by atoms with Crippen LogP contribution < -0.4 is 0 Å². The van der Waals surface area contributed by atoms with E-state index in [4.69, 9.17) is 0 Å². The molecule has 0 aliphatic heterocycles. The van der Waals surface area contributed by atoms with Gasteiger partial charge in [0.05, 0.1) is 0 Å². The van der Waals surface area contributed by atoms with Crippen molar-refractivity contribution in [3.63, 3.8) is 0 Å². The first-order chi connectivity index (χ1) is 29.7. The van der Waals surface area contributed by atoms with Gasteiger partial charge in [0, 0.05) is 27.9 Å². The van der Waals surface area contributed by atoms with Gasteiger partial charge in [-0.15, -0.1) is 0 Å². The van der Waals surface area contributed by atoms with Crippen molar-refractivity contribution in [1.29, 1.82) is 0 Å². The zero-order chi connectivity index (χ0) is 40.5. The summed E-state index contributed by atoms with van der Waals surface area (Å²) in [5, 5.41) is 13.7. The van der Waals surface area contributed by atoms with Crippen molar-refractivity contribution >= 4 is 44.8 Å². The van der Waals surface area contributed by atoms with Crippen LogP contribution in [-0.2, 0) is 10.2 Å². The van der Waals surface area contributed by atoms with Gasteiger partial charge in [0.25, 0.3) is 0 Å². The fourth-order valence-corrected chi connectivity index (χ4v) is 9.41. The van der Waals surface area contributed by atoms with Gasteiger partial charge in [-0.1, -0.05) is 237 Å². The minimum Gasteiger partial charge on any atom is -0.510 e. The summed E-state index contributed by atoms with van der Waals surface area (Å²) in [6, 6.07) is 80.1. The molecule has 0 fully saturated rings. The summed E-state index contributed by atoms with van der Waals surface area (Å²) in [6.07, 6.45) is 0.